The Morgan fingerprint density at radius 2 is 2.04 bits per heavy atom. The molecular formula is C18H20BrN5. The van der Waals surface area contributed by atoms with Gasteiger partial charge in [0.25, 0.3) is 0 Å². The largest absolute Gasteiger partial charge is 0.293 e. The van der Waals surface area contributed by atoms with Crippen LogP contribution in [-0.4, -0.2) is 38.7 Å². The van der Waals surface area contributed by atoms with Crippen molar-refractivity contribution in [3.8, 4) is 0 Å². The normalized spacial score (nSPS) is 18.1. The molecule has 0 saturated heterocycles. The lowest BCUT2D eigenvalue weighted by molar-refractivity contribution is 0.240. The first-order valence-corrected chi connectivity index (χ1v) is 9.28. The van der Waals surface area contributed by atoms with Crippen molar-refractivity contribution in [1.29, 1.82) is 0 Å². The van der Waals surface area contributed by atoms with Gasteiger partial charge >= 0.3 is 0 Å². The van der Waals surface area contributed by atoms with Gasteiger partial charge in [-0.1, -0.05) is 0 Å². The Labute approximate surface area is 150 Å². The van der Waals surface area contributed by atoms with Gasteiger partial charge in [0.05, 0.1) is 17.1 Å². The highest BCUT2D eigenvalue weighted by molar-refractivity contribution is 9.10. The molecule has 6 heteroatoms. The van der Waals surface area contributed by atoms with Crippen LogP contribution in [0.1, 0.15) is 42.0 Å². The maximum atomic E-state index is 4.80. The van der Waals surface area contributed by atoms with Crippen LogP contribution < -0.4 is 0 Å². The SMILES string of the molecule is Brc1ccc(CN2CCc3nc(C4=NCCCC4)ncc3C2)nc1. The molecule has 0 aromatic carbocycles. The van der Waals surface area contributed by atoms with Gasteiger partial charge in [0.1, 0.15) is 0 Å². The van der Waals surface area contributed by atoms with E-state index in [0.717, 1.165) is 60.7 Å². The molecule has 0 aliphatic carbocycles. The number of hydrogen-bond acceptors (Lipinski definition) is 5. The summed E-state index contributed by atoms with van der Waals surface area (Å²) in [6.45, 7) is 3.68. The third-order valence-electron chi connectivity index (χ3n) is 4.57. The molecule has 2 aliphatic heterocycles. The fourth-order valence-electron chi connectivity index (χ4n) is 3.26. The number of fused-ring (bicyclic) bond motifs is 1. The number of rotatable bonds is 3. The zero-order valence-corrected chi connectivity index (χ0v) is 15.2. The minimum atomic E-state index is 0.844. The second-order valence-electron chi connectivity index (χ2n) is 6.38. The summed E-state index contributed by atoms with van der Waals surface area (Å²) in [4.78, 5) is 20.8. The predicted molar refractivity (Wildman–Crippen MR) is 97.0 cm³/mol. The number of hydrogen-bond donors (Lipinski definition) is 0. The molecule has 0 bridgehead atoms. The summed E-state index contributed by atoms with van der Waals surface area (Å²) in [5, 5.41) is 0. The van der Waals surface area contributed by atoms with Crippen LogP contribution in [0.25, 0.3) is 0 Å². The van der Waals surface area contributed by atoms with E-state index >= 15 is 0 Å². The first kappa shape index (κ1) is 15.8. The highest BCUT2D eigenvalue weighted by Crippen LogP contribution is 2.20. The maximum absolute atomic E-state index is 4.80. The van der Waals surface area contributed by atoms with Gasteiger partial charge in [-0.2, -0.15) is 0 Å². The van der Waals surface area contributed by atoms with Gasteiger partial charge in [0.15, 0.2) is 5.82 Å². The molecule has 5 nitrogen and oxygen atoms in total. The topological polar surface area (TPSA) is 54.3 Å². The van der Waals surface area contributed by atoms with E-state index in [-0.39, 0.29) is 0 Å². The summed E-state index contributed by atoms with van der Waals surface area (Å²) in [6, 6.07) is 4.11. The molecule has 0 fully saturated rings. The quantitative estimate of drug-likeness (QED) is 0.813. The van der Waals surface area contributed by atoms with Crippen LogP contribution in [0.3, 0.4) is 0 Å². The first-order chi connectivity index (χ1) is 11.8. The average Bonchev–Trinajstić information content (AvgIpc) is 2.64. The first-order valence-electron chi connectivity index (χ1n) is 8.49. The molecule has 2 aromatic rings. The Kier molecular flexibility index (Phi) is 4.67. The standard InChI is InChI=1S/C18H20BrN5/c19-14-4-5-15(21-10-14)12-24-8-6-16-13(11-24)9-22-18(23-16)17-3-1-2-7-20-17/h4-5,9-10H,1-3,6-8,11-12H2. The second kappa shape index (κ2) is 7.07. The molecule has 0 unspecified atom stereocenters. The van der Waals surface area contributed by atoms with Crippen molar-refractivity contribution in [2.45, 2.75) is 38.8 Å². The molecule has 0 spiro atoms. The van der Waals surface area contributed by atoms with Crippen molar-refractivity contribution in [3.63, 3.8) is 0 Å². The highest BCUT2D eigenvalue weighted by Gasteiger charge is 2.20. The molecule has 0 saturated carbocycles. The van der Waals surface area contributed by atoms with E-state index in [1.54, 1.807) is 0 Å². The zero-order chi connectivity index (χ0) is 16.4. The van der Waals surface area contributed by atoms with Crippen molar-refractivity contribution >= 4 is 21.6 Å². The van der Waals surface area contributed by atoms with Crippen LogP contribution in [0.15, 0.2) is 34.0 Å². The molecular weight excluding hydrogens is 366 g/mol. The van der Waals surface area contributed by atoms with E-state index in [1.165, 1.54) is 24.1 Å². The molecule has 4 heterocycles. The summed E-state index contributed by atoms with van der Waals surface area (Å²) in [6.07, 6.45) is 8.22. The van der Waals surface area contributed by atoms with Crippen molar-refractivity contribution < 1.29 is 0 Å². The zero-order valence-electron chi connectivity index (χ0n) is 13.6. The molecule has 124 valence electrons. The van der Waals surface area contributed by atoms with Crippen molar-refractivity contribution in [2.75, 3.05) is 13.1 Å². The number of nitrogens with zero attached hydrogens (tertiary/aromatic N) is 5. The minimum Gasteiger partial charge on any atom is -0.293 e. The molecule has 2 aliphatic rings. The Morgan fingerprint density at radius 1 is 1.08 bits per heavy atom. The molecule has 0 atom stereocenters. The lowest BCUT2D eigenvalue weighted by Crippen LogP contribution is -2.31. The van der Waals surface area contributed by atoms with Gasteiger partial charge in [-0.15, -0.1) is 0 Å². The fraction of sp³-hybridized carbons (Fsp3) is 0.444. The number of halogens is 1. The van der Waals surface area contributed by atoms with Gasteiger partial charge < -0.3 is 0 Å². The third-order valence-corrected chi connectivity index (χ3v) is 5.04. The van der Waals surface area contributed by atoms with Crippen LogP contribution >= 0.6 is 15.9 Å². The Balaban J connectivity index is 1.47. The minimum absolute atomic E-state index is 0.844. The molecule has 2 aromatic heterocycles. The van der Waals surface area contributed by atoms with Gasteiger partial charge in [0, 0.05) is 55.0 Å². The van der Waals surface area contributed by atoms with E-state index in [2.05, 4.69) is 41.9 Å². The van der Waals surface area contributed by atoms with E-state index in [0.29, 0.717) is 0 Å². The lowest BCUT2D eigenvalue weighted by Gasteiger charge is -2.27. The van der Waals surface area contributed by atoms with E-state index in [1.807, 2.05) is 18.5 Å². The molecule has 0 radical (unpaired) electrons. The number of pyridine rings is 1. The van der Waals surface area contributed by atoms with E-state index < -0.39 is 0 Å². The Bertz CT molecular complexity index is 757. The van der Waals surface area contributed by atoms with Crippen LogP contribution in [-0.2, 0) is 19.5 Å². The summed E-state index contributed by atoms with van der Waals surface area (Å²) in [7, 11) is 0. The smallest absolute Gasteiger partial charge is 0.173 e. The Hall–Kier alpha value is -1.66. The van der Waals surface area contributed by atoms with E-state index in [9.17, 15) is 0 Å². The van der Waals surface area contributed by atoms with Gasteiger partial charge in [0.2, 0.25) is 0 Å². The predicted octanol–water partition coefficient (Wildman–Crippen LogP) is 3.17. The fourth-order valence-corrected chi connectivity index (χ4v) is 3.49. The van der Waals surface area contributed by atoms with Crippen LogP contribution in [0.2, 0.25) is 0 Å². The van der Waals surface area contributed by atoms with Crippen molar-refractivity contribution in [1.82, 2.24) is 19.9 Å². The molecule has 4 rings (SSSR count). The van der Waals surface area contributed by atoms with Crippen LogP contribution in [0, 0.1) is 0 Å². The lowest BCUT2D eigenvalue weighted by atomic mass is 10.1. The summed E-state index contributed by atoms with van der Waals surface area (Å²) < 4.78 is 1.02. The Morgan fingerprint density at radius 3 is 2.83 bits per heavy atom. The van der Waals surface area contributed by atoms with Crippen molar-refractivity contribution in [3.05, 3.63) is 51.8 Å². The molecule has 0 amide bonds. The second-order valence-corrected chi connectivity index (χ2v) is 7.30. The van der Waals surface area contributed by atoms with Gasteiger partial charge in [-0.05, 0) is 47.3 Å². The van der Waals surface area contributed by atoms with Crippen LogP contribution in [0.4, 0.5) is 0 Å². The number of aliphatic imine (C=N–C) groups is 1. The highest BCUT2D eigenvalue weighted by atomic mass is 79.9. The maximum Gasteiger partial charge on any atom is 0.173 e. The monoisotopic (exact) mass is 385 g/mol. The summed E-state index contributed by atoms with van der Waals surface area (Å²) in [5.41, 5.74) is 4.60. The van der Waals surface area contributed by atoms with Crippen LogP contribution in [0.5, 0.6) is 0 Å². The van der Waals surface area contributed by atoms with E-state index in [4.69, 9.17) is 4.98 Å². The third kappa shape index (κ3) is 3.54. The average molecular weight is 386 g/mol. The van der Waals surface area contributed by atoms with Gasteiger partial charge in [-0.3, -0.25) is 14.9 Å². The molecule has 24 heavy (non-hydrogen) atoms. The number of aromatic nitrogens is 3. The molecule has 0 N–H and O–H groups in total. The summed E-state index contributed by atoms with van der Waals surface area (Å²) in [5.74, 6) is 0.844. The van der Waals surface area contributed by atoms with Gasteiger partial charge in [-0.25, -0.2) is 9.97 Å². The van der Waals surface area contributed by atoms with Crippen molar-refractivity contribution in [2.24, 2.45) is 4.99 Å². The summed E-state index contributed by atoms with van der Waals surface area (Å²) >= 11 is 3.43.